The number of nitrogens with one attached hydrogen (secondary N) is 1. The second-order valence-corrected chi connectivity index (χ2v) is 7.76. The van der Waals surface area contributed by atoms with E-state index in [-0.39, 0.29) is 17.2 Å². The van der Waals surface area contributed by atoms with E-state index in [4.69, 9.17) is 4.74 Å². The van der Waals surface area contributed by atoms with Gasteiger partial charge in [0.15, 0.2) is 0 Å². The molecule has 28 heavy (non-hydrogen) atoms. The van der Waals surface area contributed by atoms with E-state index >= 15 is 0 Å². The van der Waals surface area contributed by atoms with E-state index in [1.54, 1.807) is 19.5 Å². The molecule has 1 N–H and O–H groups in total. The van der Waals surface area contributed by atoms with Crippen LogP contribution in [0, 0.1) is 5.41 Å². The summed E-state index contributed by atoms with van der Waals surface area (Å²) in [4.78, 5) is 30.4. The summed E-state index contributed by atoms with van der Waals surface area (Å²) in [6.07, 6.45) is 6.90. The number of nitrogens with zero attached hydrogens (tertiary/aromatic N) is 2. The highest BCUT2D eigenvalue weighted by atomic mass is 16.5. The maximum atomic E-state index is 12.9. The van der Waals surface area contributed by atoms with Gasteiger partial charge in [0, 0.05) is 43.4 Å². The molecule has 1 aromatic heterocycles. The molecule has 0 unspecified atom stereocenters. The molecule has 6 heteroatoms. The SMILES string of the molecule is COc1cncc(-c2ccc(C(=O)N3CCC4(CCC(=O)NC4)CC3)cc2)c1. The maximum Gasteiger partial charge on any atom is 0.253 e. The standard InChI is InChI=1S/C22H25N3O3/c1-28-19-12-18(13-23-14-19)16-2-4-17(5-3-16)21(27)25-10-8-22(9-11-25)7-6-20(26)24-15-22/h2-5,12-14H,6-11,15H2,1H3,(H,24,26). The second kappa shape index (κ2) is 7.62. The van der Waals surface area contributed by atoms with Gasteiger partial charge in [-0.15, -0.1) is 0 Å². The molecule has 6 nitrogen and oxygen atoms in total. The average molecular weight is 379 g/mol. The number of likely N-dealkylation sites (tertiary alicyclic amines) is 1. The lowest BCUT2D eigenvalue weighted by Gasteiger charge is -2.44. The van der Waals surface area contributed by atoms with Gasteiger partial charge in [-0.25, -0.2) is 0 Å². The Balaban J connectivity index is 1.41. The first kappa shape index (κ1) is 18.5. The fourth-order valence-electron chi connectivity index (χ4n) is 4.13. The molecule has 146 valence electrons. The van der Waals surface area contributed by atoms with E-state index in [1.165, 1.54) is 0 Å². The van der Waals surface area contributed by atoms with Crippen LogP contribution in [0.4, 0.5) is 0 Å². The molecule has 1 spiro atoms. The number of piperidine rings is 2. The van der Waals surface area contributed by atoms with Crippen LogP contribution in [-0.4, -0.2) is 48.4 Å². The average Bonchev–Trinajstić information content (AvgIpc) is 2.76. The lowest BCUT2D eigenvalue weighted by atomic mass is 9.73. The number of benzene rings is 1. The predicted molar refractivity (Wildman–Crippen MR) is 106 cm³/mol. The third-order valence-electron chi connectivity index (χ3n) is 6.07. The predicted octanol–water partition coefficient (Wildman–Crippen LogP) is 2.89. The number of carbonyl (C=O) groups excluding carboxylic acids is 2. The molecule has 1 aromatic carbocycles. The zero-order valence-corrected chi connectivity index (χ0v) is 16.1. The molecule has 2 aromatic rings. The van der Waals surface area contributed by atoms with Gasteiger partial charge in [-0.3, -0.25) is 14.6 Å². The number of hydrogen-bond acceptors (Lipinski definition) is 4. The maximum absolute atomic E-state index is 12.9. The zero-order chi connectivity index (χ0) is 19.6. The smallest absolute Gasteiger partial charge is 0.253 e. The number of ether oxygens (including phenoxy) is 1. The van der Waals surface area contributed by atoms with Crippen LogP contribution in [-0.2, 0) is 4.79 Å². The van der Waals surface area contributed by atoms with E-state index in [1.807, 2.05) is 35.2 Å². The van der Waals surface area contributed by atoms with Crippen LogP contribution in [0.5, 0.6) is 5.75 Å². The van der Waals surface area contributed by atoms with Crippen molar-refractivity contribution in [2.75, 3.05) is 26.7 Å². The minimum Gasteiger partial charge on any atom is -0.495 e. The summed E-state index contributed by atoms with van der Waals surface area (Å²) in [5.74, 6) is 0.930. The van der Waals surface area contributed by atoms with Crippen molar-refractivity contribution in [3.63, 3.8) is 0 Å². The highest BCUT2D eigenvalue weighted by Crippen LogP contribution is 2.37. The summed E-state index contributed by atoms with van der Waals surface area (Å²) in [6.45, 7) is 2.24. The lowest BCUT2D eigenvalue weighted by Crippen LogP contribution is -2.50. The fourth-order valence-corrected chi connectivity index (χ4v) is 4.13. The first-order chi connectivity index (χ1) is 13.6. The van der Waals surface area contributed by atoms with Crippen LogP contribution < -0.4 is 10.1 Å². The Morgan fingerprint density at radius 1 is 1.11 bits per heavy atom. The van der Waals surface area contributed by atoms with Crippen LogP contribution >= 0.6 is 0 Å². The Hall–Kier alpha value is -2.89. The lowest BCUT2D eigenvalue weighted by molar-refractivity contribution is -0.125. The Kier molecular flexibility index (Phi) is 5.03. The Morgan fingerprint density at radius 2 is 1.86 bits per heavy atom. The largest absolute Gasteiger partial charge is 0.495 e. The van der Waals surface area contributed by atoms with Crippen LogP contribution in [0.2, 0.25) is 0 Å². The van der Waals surface area contributed by atoms with Gasteiger partial charge in [-0.05, 0) is 48.4 Å². The van der Waals surface area contributed by atoms with E-state index in [0.717, 1.165) is 50.0 Å². The van der Waals surface area contributed by atoms with Crippen molar-refractivity contribution in [2.45, 2.75) is 25.7 Å². The summed E-state index contributed by atoms with van der Waals surface area (Å²) in [7, 11) is 1.62. The zero-order valence-electron chi connectivity index (χ0n) is 16.1. The molecule has 2 amide bonds. The molecular weight excluding hydrogens is 354 g/mol. The molecule has 4 rings (SSSR count). The van der Waals surface area contributed by atoms with Crippen molar-refractivity contribution in [1.82, 2.24) is 15.2 Å². The first-order valence-electron chi connectivity index (χ1n) is 9.74. The molecule has 0 saturated carbocycles. The van der Waals surface area contributed by atoms with Gasteiger partial charge < -0.3 is 15.0 Å². The van der Waals surface area contributed by atoms with Gasteiger partial charge >= 0.3 is 0 Å². The number of methoxy groups -OCH3 is 1. The molecule has 0 bridgehead atoms. The van der Waals surface area contributed by atoms with Crippen molar-refractivity contribution < 1.29 is 14.3 Å². The van der Waals surface area contributed by atoms with Crippen LogP contribution in [0.25, 0.3) is 11.1 Å². The summed E-state index contributed by atoms with van der Waals surface area (Å²) >= 11 is 0. The topological polar surface area (TPSA) is 71.5 Å². The van der Waals surface area contributed by atoms with E-state index in [2.05, 4.69) is 10.3 Å². The third-order valence-corrected chi connectivity index (χ3v) is 6.07. The van der Waals surface area contributed by atoms with E-state index in [9.17, 15) is 9.59 Å². The number of carbonyl (C=O) groups is 2. The van der Waals surface area contributed by atoms with Crippen LogP contribution in [0.3, 0.4) is 0 Å². The molecule has 0 atom stereocenters. The molecule has 0 radical (unpaired) electrons. The fraction of sp³-hybridized carbons (Fsp3) is 0.409. The van der Waals surface area contributed by atoms with Gasteiger partial charge in [0.25, 0.3) is 5.91 Å². The van der Waals surface area contributed by atoms with Crippen molar-refractivity contribution in [3.8, 4) is 16.9 Å². The molecule has 2 saturated heterocycles. The summed E-state index contributed by atoms with van der Waals surface area (Å²) in [5.41, 5.74) is 2.83. The van der Waals surface area contributed by atoms with E-state index < -0.39 is 0 Å². The summed E-state index contributed by atoms with van der Waals surface area (Å²) < 4.78 is 5.22. The van der Waals surface area contributed by atoms with Gasteiger partial charge in [-0.1, -0.05) is 12.1 Å². The highest BCUT2D eigenvalue weighted by molar-refractivity contribution is 5.94. The molecular formula is C22H25N3O3. The van der Waals surface area contributed by atoms with E-state index in [0.29, 0.717) is 17.7 Å². The molecule has 3 heterocycles. The molecule has 2 fully saturated rings. The van der Waals surface area contributed by atoms with Crippen molar-refractivity contribution in [2.24, 2.45) is 5.41 Å². The Labute approximate surface area is 164 Å². The monoisotopic (exact) mass is 379 g/mol. The summed E-state index contributed by atoms with van der Waals surface area (Å²) in [5, 5.41) is 2.99. The minimum atomic E-state index is 0.0741. The number of rotatable bonds is 3. The number of hydrogen-bond donors (Lipinski definition) is 1. The third kappa shape index (κ3) is 3.72. The first-order valence-corrected chi connectivity index (χ1v) is 9.74. The normalized spacial score (nSPS) is 18.6. The number of amides is 2. The minimum absolute atomic E-state index is 0.0741. The highest BCUT2D eigenvalue weighted by Gasteiger charge is 2.38. The van der Waals surface area contributed by atoms with Gasteiger partial charge in [-0.2, -0.15) is 0 Å². The van der Waals surface area contributed by atoms with Crippen molar-refractivity contribution in [1.29, 1.82) is 0 Å². The van der Waals surface area contributed by atoms with Crippen LogP contribution in [0.1, 0.15) is 36.0 Å². The second-order valence-electron chi connectivity index (χ2n) is 7.76. The summed E-state index contributed by atoms with van der Waals surface area (Å²) in [6, 6.07) is 9.58. The number of aromatic nitrogens is 1. The molecule has 0 aliphatic carbocycles. The van der Waals surface area contributed by atoms with Gasteiger partial charge in [0.05, 0.1) is 13.3 Å². The van der Waals surface area contributed by atoms with Crippen molar-refractivity contribution in [3.05, 3.63) is 48.3 Å². The van der Waals surface area contributed by atoms with Crippen LogP contribution in [0.15, 0.2) is 42.7 Å². The quantitative estimate of drug-likeness (QED) is 0.890. The molecule has 2 aliphatic heterocycles. The number of pyridine rings is 1. The molecule has 2 aliphatic rings. The van der Waals surface area contributed by atoms with Gasteiger partial charge in [0.1, 0.15) is 5.75 Å². The Morgan fingerprint density at radius 3 is 2.50 bits per heavy atom. The van der Waals surface area contributed by atoms with Gasteiger partial charge in [0.2, 0.25) is 5.91 Å². The Bertz CT molecular complexity index is 859. The van der Waals surface area contributed by atoms with Crippen molar-refractivity contribution >= 4 is 11.8 Å².